The van der Waals surface area contributed by atoms with E-state index in [1.54, 1.807) is 0 Å². The average Bonchev–Trinajstić information content (AvgIpc) is 2.40. The second kappa shape index (κ2) is 6.31. The second-order valence-corrected chi connectivity index (χ2v) is 4.32. The second-order valence-electron chi connectivity index (χ2n) is 4.32. The molecule has 2 rings (SSSR count). The third kappa shape index (κ3) is 3.67. The van der Waals surface area contributed by atoms with Crippen LogP contribution in [0, 0.1) is 5.82 Å². The van der Waals surface area contributed by atoms with Gasteiger partial charge in [0.15, 0.2) is 0 Å². The number of halogens is 1. The van der Waals surface area contributed by atoms with E-state index < -0.39 is 0 Å². The standard InChI is InChI=1S/C14H17FN2O/c15-13-6-4-12(5-7-13)14(18)16-8-11-17-9-2-1-3-10-17/h1-2,4-7H,3,8-11H2,(H,16,18). The number of nitrogens with one attached hydrogen (secondary N) is 1. The molecule has 0 saturated carbocycles. The van der Waals surface area contributed by atoms with Gasteiger partial charge in [-0.25, -0.2) is 4.39 Å². The van der Waals surface area contributed by atoms with Gasteiger partial charge in [-0.3, -0.25) is 9.69 Å². The summed E-state index contributed by atoms with van der Waals surface area (Å²) >= 11 is 0. The molecule has 0 saturated heterocycles. The Bertz CT molecular complexity index is 428. The zero-order valence-electron chi connectivity index (χ0n) is 10.2. The van der Waals surface area contributed by atoms with E-state index in [4.69, 9.17) is 0 Å². The largest absolute Gasteiger partial charge is 0.351 e. The lowest BCUT2D eigenvalue weighted by atomic mass is 10.2. The van der Waals surface area contributed by atoms with Crippen LogP contribution in [0.2, 0.25) is 0 Å². The molecule has 1 aromatic rings. The Morgan fingerprint density at radius 2 is 2.06 bits per heavy atom. The van der Waals surface area contributed by atoms with E-state index >= 15 is 0 Å². The first-order valence-corrected chi connectivity index (χ1v) is 6.17. The van der Waals surface area contributed by atoms with Gasteiger partial charge in [0.1, 0.15) is 5.82 Å². The van der Waals surface area contributed by atoms with Gasteiger partial charge in [0.2, 0.25) is 0 Å². The van der Waals surface area contributed by atoms with Crippen LogP contribution < -0.4 is 5.32 Å². The maximum Gasteiger partial charge on any atom is 0.251 e. The summed E-state index contributed by atoms with van der Waals surface area (Å²) in [4.78, 5) is 14.0. The third-order valence-electron chi connectivity index (χ3n) is 2.96. The highest BCUT2D eigenvalue weighted by molar-refractivity contribution is 5.94. The fraction of sp³-hybridized carbons (Fsp3) is 0.357. The van der Waals surface area contributed by atoms with Crippen LogP contribution >= 0.6 is 0 Å². The van der Waals surface area contributed by atoms with Gasteiger partial charge in [-0.1, -0.05) is 12.2 Å². The van der Waals surface area contributed by atoms with Gasteiger partial charge in [-0.05, 0) is 30.7 Å². The average molecular weight is 248 g/mol. The molecule has 0 fully saturated rings. The summed E-state index contributed by atoms with van der Waals surface area (Å²) in [7, 11) is 0. The Morgan fingerprint density at radius 1 is 1.28 bits per heavy atom. The molecule has 0 radical (unpaired) electrons. The monoisotopic (exact) mass is 248 g/mol. The zero-order chi connectivity index (χ0) is 12.8. The Hall–Kier alpha value is -1.68. The highest BCUT2D eigenvalue weighted by Gasteiger charge is 2.08. The van der Waals surface area contributed by atoms with E-state index in [1.807, 2.05) is 0 Å². The molecule has 1 aliphatic rings. The Labute approximate surface area is 106 Å². The van der Waals surface area contributed by atoms with Crippen LogP contribution in [-0.4, -0.2) is 37.0 Å². The summed E-state index contributed by atoms with van der Waals surface area (Å²) in [6, 6.07) is 5.58. The van der Waals surface area contributed by atoms with Crippen LogP contribution in [0.1, 0.15) is 16.8 Å². The Balaban J connectivity index is 1.74. The first-order valence-electron chi connectivity index (χ1n) is 6.17. The molecule has 1 aromatic carbocycles. The van der Waals surface area contributed by atoms with Crippen molar-refractivity contribution in [1.29, 1.82) is 0 Å². The van der Waals surface area contributed by atoms with Crippen LogP contribution in [0.15, 0.2) is 36.4 Å². The summed E-state index contributed by atoms with van der Waals surface area (Å²) < 4.78 is 12.7. The van der Waals surface area contributed by atoms with Gasteiger partial charge in [0, 0.05) is 31.7 Å². The third-order valence-corrected chi connectivity index (χ3v) is 2.96. The molecule has 0 atom stereocenters. The van der Waals surface area contributed by atoms with Gasteiger partial charge in [0.05, 0.1) is 0 Å². The quantitative estimate of drug-likeness (QED) is 0.824. The molecule has 0 spiro atoms. The predicted octanol–water partition coefficient (Wildman–Crippen LogP) is 1.82. The molecule has 0 aromatic heterocycles. The Kier molecular flexibility index (Phi) is 4.47. The smallest absolute Gasteiger partial charge is 0.251 e. The maximum atomic E-state index is 12.7. The summed E-state index contributed by atoms with van der Waals surface area (Å²) in [5.74, 6) is -0.478. The summed E-state index contributed by atoms with van der Waals surface area (Å²) in [6.45, 7) is 3.46. The minimum absolute atomic E-state index is 0.150. The van der Waals surface area contributed by atoms with E-state index in [0.717, 1.165) is 26.1 Å². The fourth-order valence-corrected chi connectivity index (χ4v) is 1.92. The maximum absolute atomic E-state index is 12.7. The van der Waals surface area contributed by atoms with Crippen LogP contribution in [0.25, 0.3) is 0 Å². The molecule has 18 heavy (non-hydrogen) atoms. The molecule has 0 bridgehead atoms. The van der Waals surface area contributed by atoms with Gasteiger partial charge >= 0.3 is 0 Å². The number of hydrogen-bond donors (Lipinski definition) is 1. The summed E-state index contributed by atoms with van der Waals surface area (Å²) in [6.07, 6.45) is 5.39. The zero-order valence-corrected chi connectivity index (χ0v) is 10.2. The van der Waals surface area contributed by atoms with Crippen molar-refractivity contribution in [1.82, 2.24) is 10.2 Å². The van der Waals surface area contributed by atoms with Crippen molar-refractivity contribution in [3.8, 4) is 0 Å². The molecule has 4 heteroatoms. The minimum atomic E-state index is -0.327. The van der Waals surface area contributed by atoms with Crippen molar-refractivity contribution in [3.05, 3.63) is 47.8 Å². The number of amides is 1. The van der Waals surface area contributed by atoms with Gasteiger partial charge in [-0.2, -0.15) is 0 Å². The molecule has 1 heterocycles. The number of carbonyl (C=O) groups is 1. The SMILES string of the molecule is O=C(NCCN1CC=CCC1)c1ccc(F)cc1. The summed E-state index contributed by atoms with van der Waals surface area (Å²) in [5, 5.41) is 2.84. The van der Waals surface area contributed by atoms with E-state index in [-0.39, 0.29) is 11.7 Å². The molecule has 3 nitrogen and oxygen atoms in total. The van der Waals surface area contributed by atoms with Crippen LogP contribution in [-0.2, 0) is 0 Å². The van der Waals surface area contributed by atoms with Gasteiger partial charge in [0.25, 0.3) is 5.91 Å². The number of rotatable bonds is 4. The van der Waals surface area contributed by atoms with Crippen molar-refractivity contribution < 1.29 is 9.18 Å². The van der Waals surface area contributed by atoms with Crippen molar-refractivity contribution in [2.24, 2.45) is 0 Å². The van der Waals surface area contributed by atoms with Crippen LogP contribution in [0.5, 0.6) is 0 Å². The van der Waals surface area contributed by atoms with Crippen molar-refractivity contribution in [2.45, 2.75) is 6.42 Å². The lowest BCUT2D eigenvalue weighted by molar-refractivity contribution is 0.0949. The molecular formula is C14H17FN2O. The molecule has 0 unspecified atom stereocenters. The van der Waals surface area contributed by atoms with E-state index in [2.05, 4.69) is 22.4 Å². The highest BCUT2D eigenvalue weighted by Crippen LogP contribution is 2.03. The van der Waals surface area contributed by atoms with Gasteiger partial charge < -0.3 is 5.32 Å². The number of carbonyl (C=O) groups excluding carboxylic acids is 1. The molecule has 1 amide bonds. The lowest BCUT2D eigenvalue weighted by Crippen LogP contribution is -2.36. The van der Waals surface area contributed by atoms with Crippen molar-refractivity contribution >= 4 is 5.91 Å². The first kappa shape index (κ1) is 12.8. The normalized spacial score (nSPS) is 15.6. The predicted molar refractivity (Wildman–Crippen MR) is 68.9 cm³/mol. The van der Waals surface area contributed by atoms with Crippen LogP contribution in [0.3, 0.4) is 0 Å². The van der Waals surface area contributed by atoms with E-state index in [9.17, 15) is 9.18 Å². The fourth-order valence-electron chi connectivity index (χ4n) is 1.92. The number of benzene rings is 1. The van der Waals surface area contributed by atoms with E-state index in [0.29, 0.717) is 12.1 Å². The lowest BCUT2D eigenvalue weighted by Gasteiger charge is -2.22. The number of hydrogen-bond acceptors (Lipinski definition) is 2. The highest BCUT2D eigenvalue weighted by atomic mass is 19.1. The van der Waals surface area contributed by atoms with Crippen LogP contribution in [0.4, 0.5) is 4.39 Å². The topological polar surface area (TPSA) is 32.3 Å². The van der Waals surface area contributed by atoms with E-state index in [1.165, 1.54) is 24.3 Å². The molecular weight excluding hydrogens is 231 g/mol. The van der Waals surface area contributed by atoms with Crippen molar-refractivity contribution in [2.75, 3.05) is 26.2 Å². The Morgan fingerprint density at radius 3 is 2.72 bits per heavy atom. The summed E-state index contributed by atoms with van der Waals surface area (Å²) in [5.41, 5.74) is 0.495. The number of nitrogens with zero attached hydrogens (tertiary/aromatic N) is 1. The molecule has 0 aliphatic carbocycles. The van der Waals surface area contributed by atoms with Gasteiger partial charge in [-0.15, -0.1) is 0 Å². The van der Waals surface area contributed by atoms with Crippen molar-refractivity contribution in [3.63, 3.8) is 0 Å². The molecule has 1 aliphatic heterocycles. The first-order chi connectivity index (χ1) is 8.75. The molecule has 96 valence electrons. The minimum Gasteiger partial charge on any atom is -0.351 e. The molecule has 1 N–H and O–H groups in total.